The molecule has 0 aromatic heterocycles. The lowest BCUT2D eigenvalue weighted by molar-refractivity contribution is 0.476. The first kappa shape index (κ1) is 36.8. The minimum absolute atomic E-state index is 0.168. The number of aryl methyl sites for hydroxylation is 6. The molecule has 3 fully saturated rings. The van der Waals surface area contributed by atoms with Gasteiger partial charge in [-0.3, -0.25) is 0 Å². The van der Waals surface area contributed by atoms with Crippen LogP contribution in [0.5, 0.6) is 0 Å². The molecule has 0 N–H and O–H groups in total. The van der Waals surface area contributed by atoms with Crippen LogP contribution in [-0.2, 0) is 0 Å². The van der Waals surface area contributed by atoms with Crippen LogP contribution in [0.4, 0.5) is 11.4 Å². The van der Waals surface area contributed by atoms with E-state index in [0.29, 0.717) is 11.3 Å². The number of halogens is 2. The van der Waals surface area contributed by atoms with Gasteiger partial charge in [-0.15, -0.1) is 23.2 Å². The Morgan fingerprint density at radius 2 is 1.10 bits per heavy atom. The van der Waals surface area contributed by atoms with Gasteiger partial charge in [-0.25, -0.2) is 0 Å². The van der Waals surface area contributed by atoms with Crippen LogP contribution in [0.1, 0.15) is 116 Å². The number of allylic oxidation sites excluding steroid dienone is 2. The molecule has 3 aromatic carbocycles. The van der Waals surface area contributed by atoms with Crippen molar-refractivity contribution in [2.45, 2.75) is 140 Å². The van der Waals surface area contributed by atoms with Crippen molar-refractivity contribution in [1.82, 2.24) is 0 Å². The van der Waals surface area contributed by atoms with E-state index in [1.54, 1.807) is 0 Å². The number of hydrogen-bond donors (Lipinski definition) is 0. The Hall–Kier alpha value is -2.51. The van der Waals surface area contributed by atoms with Crippen LogP contribution in [-0.4, -0.2) is 21.3 Å². The van der Waals surface area contributed by atoms with E-state index in [2.05, 4.69) is 124 Å². The predicted molar refractivity (Wildman–Crippen MR) is 225 cm³/mol. The number of nitrogens with zero attached hydrogens (tertiary/aromatic N) is 2. The summed E-state index contributed by atoms with van der Waals surface area (Å²) in [5.74, 6) is 1.15. The fourth-order valence-electron chi connectivity index (χ4n) is 10.1. The number of benzene rings is 3. The highest BCUT2D eigenvalue weighted by molar-refractivity contribution is 7.63. The van der Waals surface area contributed by atoms with Crippen molar-refractivity contribution in [3.8, 4) is 0 Å². The zero-order valence-electron chi connectivity index (χ0n) is 31.7. The number of alkyl halides is 2. The monoisotopic (exact) mass is 738 g/mol. The molecule has 4 aliphatic rings. The maximum atomic E-state index is 8.63. The molecule has 0 radical (unpaired) electrons. The summed E-state index contributed by atoms with van der Waals surface area (Å²) in [5.41, 5.74) is 15.3. The van der Waals surface area contributed by atoms with Crippen LogP contribution in [0.25, 0.3) is 6.08 Å². The second-order valence-electron chi connectivity index (χ2n) is 16.0. The van der Waals surface area contributed by atoms with Gasteiger partial charge in [-0.1, -0.05) is 112 Å². The SMILES string of the molecule is Cc1cc(C)c(N2C=CN(c3c(C)cc(C)cc3C)C2=C2C(=Cc3ccccc3)C(Cl)(P(C3CCCCC3)C3CCCCC3)CCC2Cl)c(C)c1. The Bertz CT molecular complexity index is 1700. The van der Waals surface area contributed by atoms with Crippen LogP contribution in [0.3, 0.4) is 0 Å². The molecule has 7 rings (SSSR count). The molecule has 270 valence electrons. The van der Waals surface area contributed by atoms with E-state index in [0.717, 1.165) is 18.7 Å². The molecule has 0 bridgehead atoms. The van der Waals surface area contributed by atoms with Gasteiger partial charge in [0, 0.05) is 18.0 Å². The van der Waals surface area contributed by atoms with E-state index in [1.807, 2.05) is 0 Å². The van der Waals surface area contributed by atoms with Crippen molar-refractivity contribution >= 4 is 48.6 Å². The highest BCUT2D eigenvalue weighted by Gasteiger charge is 2.53. The maximum Gasteiger partial charge on any atom is 0.127 e. The molecule has 3 saturated carbocycles. The van der Waals surface area contributed by atoms with Crippen molar-refractivity contribution in [3.05, 3.63) is 123 Å². The van der Waals surface area contributed by atoms with E-state index < -0.39 is 12.5 Å². The third kappa shape index (κ3) is 7.24. The van der Waals surface area contributed by atoms with Gasteiger partial charge in [0.15, 0.2) is 0 Å². The highest BCUT2D eigenvalue weighted by atomic mass is 35.5. The molecular formula is C46H57Cl2N2P. The summed E-state index contributed by atoms with van der Waals surface area (Å²) in [7, 11) is -0.516. The molecule has 51 heavy (non-hydrogen) atoms. The Labute approximate surface area is 319 Å². The van der Waals surface area contributed by atoms with Crippen molar-refractivity contribution in [2.24, 2.45) is 0 Å². The molecule has 0 amide bonds. The van der Waals surface area contributed by atoms with E-state index >= 15 is 0 Å². The third-order valence-electron chi connectivity index (χ3n) is 12.0. The molecule has 2 atom stereocenters. The van der Waals surface area contributed by atoms with E-state index in [-0.39, 0.29) is 5.38 Å². The van der Waals surface area contributed by atoms with E-state index in [4.69, 9.17) is 23.2 Å². The zero-order chi connectivity index (χ0) is 35.9. The van der Waals surface area contributed by atoms with Crippen LogP contribution in [0.2, 0.25) is 0 Å². The Kier molecular flexibility index (Phi) is 11.2. The molecule has 2 nitrogen and oxygen atoms in total. The Balaban J connectivity index is 1.53. The molecule has 2 unspecified atom stereocenters. The summed E-state index contributed by atoms with van der Waals surface area (Å²) in [6, 6.07) is 20.2. The van der Waals surface area contributed by atoms with Crippen LogP contribution < -0.4 is 9.80 Å². The van der Waals surface area contributed by atoms with Crippen LogP contribution in [0.15, 0.2) is 84.0 Å². The maximum absolute atomic E-state index is 8.63. The molecule has 0 spiro atoms. The van der Waals surface area contributed by atoms with Crippen molar-refractivity contribution in [1.29, 1.82) is 0 Å². The largest absolute Gasteiger partial charge is 0.301 e. The first-order valence-electron chi connectivity index (χ1n) is 19.6. The Morgan fingerprint density at radius 1 is 0.647 bits per heavy atom. The smallest absolute Gasteiger partial charge is 0.127 e. The fraction of sp³-hybridized carbons (Fsp3) is 0.478. The number of rotatable bonds is 6. The molecule has 1 heterocycles. The van der Waals surface area contributed by atoms with Gasteiger partial charge in [0.25, 0.3) is 0 Å². The van der Waals surface area contributed by atoms with Gasteiger partial charge in [0.2, 0.25) is 0 Å². The minimum Gasteiger partial charge on any atom is -0.301 e. The van der Waals surface area contributed by atoms with Crippen molar-refractivity contribution in [3.63, 3.8) is 0 Å². The molecule has 5 heteroatoms. The summed E-state index contributed by atoms with van der Waals surface area (Å²) in [4.78, 5) is 4.91. The molecule has 3 aliphatic carbocycles. The van der Waals surface area contributed by atoms with E-state index in [9.17, 15) is 0 Å². The standard InChI is InChI=1S/C46H57Cl2N2P/c1-31-26-33(3)43(34(4)27-31)49-24-25-50(44-35(5)28-32(2)29-36(44)6)45(49)42-40(30-37-16-10-7-11-17-37)46(48,23-22-41(42)47)51(38-18-12-8-13-19-38)39-20-14-9-15-21-39/h7,10-11,16-17,24-30,38-39,41H,8-9,12-15,18-23H2,1-6H3. The van der Waals surface area contributed by atoms with Crippen LogP contribution in [0, 0.1) is 41.5 Å². The van der Waals surface area contributed by atoms with E-state index in [1.165, 1.54) is 126 Å². The minimum atomic E-state index is -0.516. The predicted octanol–water partition coefficient (Wildman–Crippen LogP) is 14.1. The Morgan fingerprint density at radius 3 is 1.55 bits per heavy atom. The normalized spacial score (nSPS) is 24.4. The topological polar surface area (TPSA) is 6.48 Å². The number of hydrogen-bond acceptors (Lipinski definition) is 2. The second kappa shape index (κ2) is 15.5. The zero-order valence-corrected chi connectivity index (χ0v) is 34.1. The van der Waals surface area contributed by atoms with Gasteiger partial charge < -0.3 is 9.80 Å². The molecule has 3 aromatic rings. The summed E-state index contributed by atoms with van der Waals surface area (Å²) in [6.45, 7) is 13.4. The second-order valence-corrected chi connectivity index (χ2v) is 20.5. The summed E-state index contributed by atoms with van der Waals surface area (Å²) < 4.78 is -0.447. The quantitative estimate of drug-likeness (QED) is 0.183. The van der Waals surface area contributed by atoms with Crippen LogP contribution >= 0.6 is 31.1 Å². The average molecular weight is 740 g/mol. The first-order valence-corrected chi connectivity index (χ1v) is 21.9. The van der Waals surface area contributed by atoms with Crippen molar-refractivity contribution in [2.75, 3.05) is 9.80 Å². The lowest BCUT2D eigenvalue weighted by Gasteiger charge is -2.52. The lowest BCUT2D eigenvalue weighted by Crippen LogP contribution is -2.41. The highest BCUT2D eigenvalue weighted by Crippen LogP contribution is 2.72. The van der Waals surface area contributed by atoms with Gasteiger partial charge in [-0.05, 0) is 131 Å². The first-order chi connectivity index (χ1) is 24.6. The third-order valence-corrected chi connectivity index (χ3v) is 17.3. The number of anilines is 2. The average Bonchev–Trinajstić information content (AvgIpc) is 3.50. The molecule has 1 aliphatic heterocycles. The fourth-order valence-corrected chi connectivity index (χ4v) is 16.0. The summed E-state index contributed by atoms with van der Waals surface area (Å²) >= 11 is 16.4. The lowest BCUT2D eigenvalue weighted by atomic mass is 9.85. The van der Waals surface area contributed by atoms with Gasteiger partial charge in [-0.2, -0.15) is 0 Å². The van der Waals surface area contributed by atoms with Gasteiger partial charge in [0.1, 0.15) is 5.82 Å². The van der Waals surface area contributed by atoms with Gasteiger partial charge >= 0.3 is 0 Å². The molecular weight excluding hydrogens is 682 g/mol. The van der Waals surface area contributed by atoms with Gasteiger partial charge in [0.05, 0.1) is 21.4 Å². The molecule has 0 saturated heterocycles. The summed E-state index contributed by atoms with van der Waals surface area (Å²) in [6.07, 6.45) is 22.3. The summed E-state index contributed by atoms with van der Waals surface area (Å²) in [5, 5.41) is -0.168. The van der Waals surface area contributed by atoms with Crippen molar-refractivity contribution < 1.29 is 0 Å².